The zero-order valence-corrected chi connectivity index (χ0v) is 16.4. The van der Waals surface area contributed by atoms with Gasteiger partial charge in [-0.05, 0) is 35.4 Å². The maximum Gasteiger partial charge on any atom is 0.338 e. The van der Waals surface area contributed by atoms with Crippen LogP contribution in [0.4, 0.5) is 4.39 Å². The third-order valence-electron chi connectivity index (χ3n) is 4.47. The number of rotatable bonds is 10. The summed E-state index contributed by atoms with van der Waals surface area (Å²) in [6, 6.07) is 12.0. The molecule has 0 heterocycles. The quantitative estimate of drug-likeness (QED) is 0.450. The van der Waals surface area contributed by atoms with Crippen molar-refractivity contribution < 1.29 is 38.5 Å². The van der Waals surface area contributed by atoms with E-state index in [0.717, 1.165) is 0 Å². The zero-order chi connectivity index (χ0) is 22.1. The second-order valence-corrected chi connectivity index (χ2v) is 6.74. The van der Waals surface area contributed by atoms with Crippen LogP contribution in [0.3, 0.4) is 0 Å². The van der Waals surface area contributed by atoms with Gasteiger partial charge in [0.25, 0.3) is 0 Å². The minimum absolute atomic E-state index is 0.0265. The Balaban J connectivity index is 2.01. The van der Waals surface area contributed by atoms with E-state index in [1.165, 1.54) is 43.3 Å². The van der Waals surface area contributed by atoms with E-state index >= 15 is 0 Å². The zero-order valence-electron chi connectivity index (χ0n) is 16.4. The first-order chi connectivity index (χ1) is 14.4. The van der Waals surface area contributed by atoms with E-state index in [-0.39, 0.29) is 37.2 Å². The molecule has 0 amide bonds. The van der Waals surface area contributed by atoms with Gasteiger partial charge in [0.15, 0.2) is 12.5 Å². The highest BCUT2D eigenvalue weighted by molar-refractivity contribution is 5.90. The molecule has 0 saturated carbocycles. The smallest absolute Gasteiger partial charge is 0.338 e. The summed E-state index contributed by atoms with van der Waals surface area (Å²) in [5.74, 6) is -2.31. The number of hydrogen-bond donors (Lipinski definition) is 2. The SMILES string of the molecule is C[C@@H](COC(=O)c1ccc(CO)cc1)[C@@H](OC(=O)c1ccc(CO)cc1)[C@H](F)C=O. The lowest BCUT2D eigenvalue weighted by Gasteiger charge is -2.24. The maximum absolute atomic E-state index is 14.1. The summed E-state index contributed by atoms with van der Waals surface area (Å²) in [7, 11) is 0. The fourth-order valence-electron chi connectivity index (χ4n) is 2.64. The third kappa shape index (κ3) is 6.20. The van der Waals surface area contributed by atoms with E-state index in [9.17, 15) is 18.8 Å². The van der Waals surface area contributed by atoms with Gasteiger partial charge in [-0.3, -0.25) is 4.79 Å². The van der Waals surface area contributed by atoms with Gasteiger partial charge < -0.3 is 19.7 Å². The van der Waals surface area contributed by atoms with Crippen LogP contribution in [0.5, 0.6) is 0 Å². The van der Waals surface area contributed by atoms with Crippen LogP contribution in [0.15, 0.2) is 48.5 Å². The van der Waals surface area contributed by atoms with E-state index in [2.05, 4.69) is 0 Å². The number of halogens is 1. The average molecular weight is 418 g/mol. The Morgan fingerprint density at radius 3 is 1.83 bits per heavy atom. The fraction of sp³-hybridized carbons (Fsp3) is 0.318. The number of hydrogen-bond acceptors (Lipinski definition) is 7. The molecule has 0 bridgehead atoms. The Labute approximate surface area is 173 Å². The second-order valence-electron chi connectivity index (χ2n) is 6.74. The van der Waals surface area contributed by atoms with E-state index in [1.54, 1.807) is 12.1 Å². The highest BCUT2D eigenvalue weighted by atomic mass is 19.1. The van der Waals surface area contributed by atoms with E-state index in [1.807, 2.05) is 0 Å². The molecule has 8 heteroatoms. The summed E-state index contributed by atoms with van der Waals surface area (Å²) in [6.45, 7) is 0.855. The number of ether oxygens (including phenoxy) is 2. The molecule has 2 N–H and O–H groups in total. The van der Waals surface area contributed by atoms with Crippen molar-refractivity contribution in [2.45, 2.75) is 32.4 Å². The van der Waals surface area contributed by atoms with Gasteiger partial charge in [0.05, 0.1) is 30.9 Å². The normalized spacial score (nSPS) is 13.7. The largest absolute Gasteiger partial charge is 0.462 e. The predicted molar refractivity (Wildman–Crippen MR) is 104 cm³/mol. The molecule has 0 fully saturated rings. The molecule has 0 saturated heterocycles. The molecule has 0 unspecified atom stereocenters. The predicted octanol–water partition coefficient (Wildman–Crippen LogP) is 2.23. The highest BCUT2D eigenvalue weighted by Crippen LogP contribution is 2.18. The van der Waals surface area contributed by atoms with Crippen molar-refractivity contribution in [3.63, 3.8) is 0 Å². The number of esters is 2. The van der Waals surface area contributed by atoms with Crippen LogP contribution >= 0.6 is 0 Å². The van der Waals surface area contributed by atoms with Crippen molar-refractivity contribution in [2.24, 2.45) is 5.92 Å². The van der Waals surface area contributed by atoms with Crippen LogP contribution < -0.4 is 0 Å². The van der Waals surface area contributed by atoms with Crippen LogP contribution in [0.25, 0.3) is 0 Å². The molecule has 2 rings (SSSR count). The molecule has 0 aliphatic rings. The monoisotopic (exact) mass is 418 g/mol. The number of alkyl halides is 1. The summed E-state index contributed by atoms with van der Waals surface area (Å²) in [6.07, 6.45) is -3.51. The molecule has 0 aliphatic carbocycles. The second kappa shape index (κ2) is 11.2. The van der Waals surface area contributed by atoms with E-state index < -0.39 is 30.1 Å². The number of carbonyl (C=O) groups excluding carboxylic acids is 3. The van der Waals surface area contributed by atoms with Crippen molar-refractivity contribution in [3.8, 4) is 0 Å². The van der Waals surface area contributed by atoms with Crippen LogP contribution in [-0.4, -0.2) is 47.3 Å². The van der Waals surface area contributed by atoms with Gasteiger partial charge in [-0.2, -0.15) is 0 Å². The van der Waals surface area contributed by atoms with Crippen molar-refractivity contribution in [3.05, 3.63) is 70.8 Å². The third-order valence-corrected chi connectivity index (χ3v) is 4.47. The molecule has 3 atom stereocenters. The van der Waals surface area contributed by atoms with Crippen LogP contribution in [0, 0.1) is 5.92 Å². The molecule has 0 aliphatic heterocycles. The molecule has 2 aromatic rings. The summed E-state index contributed by atoms with van der Waals surface area (Å²) >= 11 is 0. The van der Waals surface area contributed by atoms with Gasteiger partial charge in [0, 0.05) is 5.92 Å². The molecule has 0 spiro atoms. The topological polar surface area (TPSA) is 110 Å². The first-order valence-electron chi connectivity index (χ1n) is 9.26. The molecule has 160 valence electrons. The first-order valence-corrected chi connectivity index (χ1v) is 9.26. The lowest BCUT2D eigenvalue weighted by molar-refractivity contribution is -0.117. The van der Waals surface area contributed by atoms with Gasteiger partial charge in [-0.1, -0.05) is 31.2 Å². The standard InChI is InChI=1S/C22H23FO7/c1-14(13-29-21(27)17-6-2-15(10-24)3-7-17)20(19(23)12-26)30-22(28)18-8-4-16(11-25)5-9-18/h2-9,12,14,19-20,24-25H,10-11,13H2,1H3/t14-,19+,20+/m0/s1. The number of aliphatic hydroxyl groups is 2. The number of carbonyl (C=O) groups is 3. The number of aliphatic hydroxyl groups excluding tert-OH is 2. The molecule has 30 heavy (non-hydrogen) atoms. The lowest BCUT2D eigenvalue weighted by Crippen LogP contribution is -2.37. The Bertz CT molecular complexity index is 849. The molecule has 2 aromatic carbocycles. The Morgan fingerprint density at radius 1 is 0.933 bits per heavy atom. The highest BCUT2D eigenvalue weighted by Gasteiger charge is 2.32. The lowest BCUT2D eigenvalue weighted by atomic mass is 10.0. The first kappa shape index (κ1) is 23.2. The van der Waals surface area contributed by atoms with E-state index in [4.69, 9.17) is 19.7 Å². The number of aldehydes is 1. The molecular weight excluding hydrogens is 395 g/mol. The Morgan fingerprint density at radius 2 is 1.40 bits per heavy atom. The van der Waals surface area contributed by atoms with Crippen molar-refractivity contribution in [1.82, 2.24) is 0 Å². The minimum atomic E-state index is -2.09. The van der Waals surface area contributed by atoms with Crippen molar-refractivity contribution >= 4 is 18.2 Å². The van der Waals surface area contributed by atoms with Crippen LogP contribution in [0.1, 0.15) is 38.8 Å². The van der Waals surface area contributed by atoms with Crippen molar-refractivity contribution in [2.75, 3.05) is 6.61 Å². The molecular formula is C22H23FO7. The Kier molecular flexibility index (Phi) is 8.64. The van der Waals surface area contributed by atoms with Crippen molar-refractivity contribution in [1.29, 1.82) is 0 Å². The van der Waals surface area contributed by atoms with Gasteiger partial charge in [-0.15, -0.1) is 0 Å². The fourth-order valence-corrected chi connectivity index (χ4v) is 2.64. The number of benzene rings is 2. The van der Waals surface area contributed by atoms with Gasteiger partial charge >= 0.3 is 11.9 Å². The maximum atomic E-state index is 14.1. The Hall–Kier alpha value is -3.10. The molecule has 0 radical (unpaired) electrons. The summed E-state index contributed by atoms with van der Waals surface area (Å²) in [5.41, 5.74) is 1.59. The van der Waals surface area contributed by atoms with Gasteiger partial charge in [0.1, 0.15) is 6.10 Å². The average Bonchev–Trinajstić information content (AvgIpc) is 2.80. The molecule has 7 nitrogen and oxygen atoms in total. The summed E-state index contributed by atoms with van der Waals surface area (Å²) in [4.78, 5) is 35.4. The van der Waals surface area contributed by atoms with E-state index in [0.29, 0.717) is 11.1 Å². The summed E-state index contributed by atoms with van der Waals surface area (Å²) in [5, 5.41) is 18.1. The van der Waals surface area contributed by atoms with Crippen LogP contribution in [0.2, 0.25) is 0 Å². The molecule has 0 aromatic heterocycles. The van der Waals surface area contributed by atoms with Crippen LogP contribution in [-0.2, 0) is 27.5 Å². The summed E-state index contributed by atoms with van der Waals surface area (Å²) < 4.78 is 24.4. The van der Waals surface area contributed by atoms with Gasteiger partial charge in [-0.25, -0.2) is 14.0 Å². The minimum Gasteiger partial charge on any atom is -0.462 e. The van der Waals surface area contributed by atoms with Gasteiger partial charge in [0.2, 0.25) is 0 Å².